The standard InChI is InChI=1S/C16H22N2O2/c1-10(2)14(8-17-11(3)19)15-9-18-16-6-5-12(20-4)7-13(15)16/h5-7,9-10,14,18H,8H2,1-4H3,(H,17,19). The fraction of sp³-hybridized carbons (Fsp3) is 0.438. The Kier molecular flexibility index (Phi) is 4.32. The number of ether oxygens (including phenoxy) is 1. The van der Waals surface area contributed by atoms with Gasteiger partial charge in [-0.05, 0) is 29.7 Å². The van der Waals surface area contributed by atoms with Gasteiger partial charge in [0.1, 0.15) is 5.75 Å². The van der Waals surface area contributed by atoms with Gasteiger partial charge in [0.2, 0.25) is 5.91 Å². The molecule has 1 heterocycles. The van der Waals surface area contributed by atoms with Crippen LogP contribution in [0.15, 0.2) is 24.4 Å². The van der Waals surface area contributed by atoms with Gasteiger partial charge in [0.05, 0.1) is 7.11 Å². The molecule has 1 amide bonds. The Balaban J connectivity index is 2.39. The fourth-order valence-corrected chi connectivity index (χ4v) is 2.51. The number of nitrogens with one attached hydrogen (secondary N) is 2. The predicted molar refractivity (Wildman–Crippen MR) is 81.1 cm³/mol. The second-order valence-corrected chi connectivity index (χ2v) is 5.44. The van der Waals surface area contributed by atoms with Crippen LogP contribution in [0.4, 0.5) is 0 Å². The first kappa shape index (κ1) is 14.4. The van der Waals surface area contributed by atoms with Gasteiger partial charge in [-0.2, -0.15) is 0 Å². The number of benzene rings is 1. The molecule has 2 N–H and O–H groups in total. The molecule has 2 aromatic rings. The van der Waals surface area contributed by atoms with Crippen molar-refractivity contribution >= 4 is 16.8 Å². The lowest BCUT2D eigenvalue weighted by Crippen LogP contribution is -2.28. The van der Waals surface area contributed by atoms with E-state index in [1.165, 1.54) is 5.56 Å². The van der Waals surface area contributed by atoms with Gasteiger partial charge < -0.3 is 15.0 Å². The van der Waals surface area contributed by atoms with Crippen LogP contribution >= 0.6 is 0 Å². The van der Waals surface area contributed by atoms with Gasteiger partial charge in [0, 0.05) is 36.5 Å². The number of rotatable bonds is 5. The third-order valence-electron chi connectivity index (χ3n) is 3.70. The topological polar surface area (TPSA) is 54.1 Å². The van der Waals surface area contributed by atoms with Crippen LogP contribution in [0.2, 0.25) is 0 Å². The molecule has 1 unspecified atom stereocenters. The average Bonchev–Trinajstić information content (AvgIpc) is 2.81. The lowest BCUT2D eigenvalue weighted by molar-refractivity contribution is -0.119. The number of aromatic nitrogens is 1. The predicted octanol–water partition coefficient (Wildman–Crippen LogP) is 3.05. The first-order chi connectivity index (χ1) is 9.52. The molecule has 4 heteroatoms. The highest BCUT2D eigenvalue weighted by molar-refractivity contribution is 5.85. The first-order valence-electron chi connectivity index (χ1n) is 6.92. The third-order valence-corrected chi connectivity index (χ3v) is 3.70. The summed E-state index contributed by atoms with van der Waals surface area (Å²) in [5, 5.41) is 4.09. The average molecular weight is 274 g/mol. The largest absolute Gasteiger partial charge is 0.497 e. The van der Waals surface area contributed by atoms with Crippen molar-refractivity contribution < 1.29 is 9.53 Å². The van der Waals surface area contributed by atoms with Crippen LogP contribution in [0.25, 0.3) is 10.9 Å². The van der Waals surface area contributed by atoms with E-state index in [1.807, 2.05) is 24.4 Å². The van der Waals surface area contributed by atoms with Crippen LogP contribution in [-0.4, -0.2) is 24.5 Å². The van der Waals surface area contributed by atoms with E-state index in [4.69, 9.17) is 4.74 Å². The van der Waals surface area contributed by atoms with Crippen molar-refractivity contribution in [1.82, 2.24) is 10.3 Å². The van der Waals surface area contributed by atoms with Gasteiger partial charge in [-0.3, -0.25) is 4.79 Å². The van der Waals surface area contributed by atoms with Crippen LogP contribution in [0.1, 0.15) is 32.3 Å². The van der Waals surface area contributed by atoms with Crippen molar-refractivity contribution in [3.05, 3.63) is 30.0 Å². The van der Waals surface area contributed by atoms with E-state index in [2.05, 4.69) is 24.1 Å². The minimum absolute atomic E-state index is 0.00747. The van der Waals surface area contributed by atoms with Gasteiger partial charge in [-0.1, -0.05) is 13.8 Å². The van der Waals surface area contributed by atoms with Crippen LogP contribution in [0.3, 0.4) is 0 Å². The Bertz CT molecular complexity index is 602. The summed E-state index contributed by atoms with van der Waals surface area (Å²) >= 11 is 0. The van der Waals surface area contributed by atoms with Gasteiger partial charge in [-0.25, -0.2) is 0 Å². The summed E-state index contributed by atoms with van der Waals surface area (Å²) in [6.45, 7) is 6.55. The molecule has 4 nitrogen and oxygen atoms in total. The van der Waals surface area contributed by atoms with E-state index in [-0.39, 0.29) is 11.8 Å². The van der Waals surface area contributed by atoms with E-state index in [0.29, 0.717) is 12.5 Å². The molecule has 0 bridgehead atoms. The molecular formula is C16H22N2O2. The lowest BCUT2D eigenvalue weighted by Gasteiger charge is -2.21. The fourth-order valence-electron chi connectivity index (χ4n) is 2.51. The summed E-state index contributed by atoms with van der Waals surface area (Å²) in [6.07, 6.45) is 2.04. The smallest absolute Gasteiger partial charge is 0.216 e. The molecule has 1 aromatic heterocycles. The molecule has 0 spiro atoms. The highest BCUT2D eigenvalue weighted by Crippen LogP contribution is 2.32. The Morgan fingerprint density at radius 3 is 2.75 bits per heavy atom. The first-order valence-corrected chi connectivity index (χ1v) is 6.92. The van der Waals surface area contributed by atoms with Crippen LogP contribution in [0, 0.1) is 5.92 Å². The number of fused-ring (bicyclic) bond motifs is 1. The molecular weight excluding hydrogens is 252 g/mol. The number of carbonyl (C=O) groups excluding carboxylic acids is 1. The zero-order valence-electron chi connectivity index (χ0n) is 12.5. The number of aromatic amines is 1. The molecule has 0 radical (unpaired) electrons. The zero-order valence-corrected chi connectivity index (χ0v) is 12.5. The zero-order chi connectivity index (χ0) is 14.7. The van der Waals surface area contributed by atoms with Gasteiger partial charge in [-0.15, -0.1) is 0 Å². The lowest BCUT2D eigenvalue weighted by atomic mass is 9.88. The quantitative estimate of drug-likeness (QED) is 0.880. The van der Waals surface area contributed by atoms with E-state index in [0.717, 1.165) is 16.7 Å². The van der Waals surface area contributed by atoms with Gasteiger partial charge in [0.25, 0.3) is 0 Å². The second-order valence-electron chi connectivity index (χ2n) is 5.44. The molecule has 0 aliphatic carbocycles. The van der Waals surface area contributed by atoms with Gasteiger partial charge in [0.15, 0.2) is 0 Å². The van der Waals surface area contributed by atoms with Crippen LogP contribution in [-0.2, 0) is 4.79 Å². The van der Waals surface area contributed by atoms with Crippen molar-refractivity contribution in [2.45, 2.75) is 26.7 Å². The van der Waals surface area contributed by atoms with Crippen molar-refractivity contribution in [2.24, 2.45) is 5.92 Å². The Morgan fingerprint density at radius 1 is 1.40 bits per heavy atom. The summed E-state index contributed by atoms with van der Waals surface area (Å²) in [5.74, 6) is 1.57. The van der Waals surface area contributed by atoms with E-state index in [9.17, 15) is 4.79 Å². The van der Waals surface area contributed by atoms with Crippen molar-refractivity contribution in [3.8, 4) is 5.75 Å². The van der Waals surface area contributed by atoms with Gasteiger partial charge >= 0.3 is 0 Å². The van der Waals surface area contributed by atoms with Crippen molar-refractivity contribution in [2.75, 3.05) is 13.7 Å². The highest BCUT2D eigenvalue weighted by atomic mass is 16.5. The number of amides is 1. The molecule has 20 heavy (non-hydrogen) atoms. The summed E-state index contributed by atoms with van der Waals surface area (Å²) < 4.78 is 5.30. The SMILES string of the molecule is COc1ccc2[nH]cc(C(CNC(C)=O)C(C)C)c2c1. The normalized spacial score (nSPS) is 12.7. The van der Waals surface area contributed by atoms with Crippen molar-refractivity contribution in [3.63, 3.8) is 0 Å². The van der Waals surface area contributed by atoms with E-state index >= 15 is 0 Å². The summed E-state index contributed by atoms with van der Waals surface area (Å²) in [7, 11) is 1.67. The van der Waals surface area contributed by atoms with E-state index in [1.54, 1.807) is 14.0 Å². The summed E-state index contributed by atoms with van der Waals surface area (Å²) in [4.78, 5) is 14.5. The molecule has 0 aliphatic rings. The molecule has 0 saturated heterocycles. The van der Waals surface area contributed by atoms with Crippen LogP contribution in [0.5, 0.6) is 5.75 Å². The minimum Gasteiger partial charge on any atom is -0.497 e. The van der Waals surface area contributed by atoms with Crippen molar-refractivity contribution in [1.29, 1.82) is 0 Å². The number of hydrogen-bond donors (Lipinski definition) is 2. The molecule has 2 rings (SSSR count). The molecule has 0 saturated carbocycles. The number of hydrogen-bond acceptors (Lipinski definition) is 2. The third kappa shape index (κ3) is 2.95. The Hall–Kier alpha value is -1.97. The second kappa shape index (κ2) is 5.99. The maximum Gasteiger partial charge on any atom is 0.216 e. The maximum atomic E-state index is 11.2. The summed E-state index contributed by atoms with van der Waals surface area (Å²) in [6, 6.07) is 6.01. The number of H-pyrrole nitrogens is 1. The molecule has 108 valence electrons. The molecule has 1 atom stereocenters. The van der Waals surface area contributed by atoms with E-state index < -0.39 is 0 Å². The number of carbonyl (C=O) groups is 1. The number of methoxy groups -OCH3 is 1. The molecule has 0 aliphatic heterocycles. The van der Waals surface area contributed by atoms with Crippen LogP contribution < -0.4 is 10.1 Å². The monoisotopic (exact) mass is 274 g/mol. The minimum atomic E-state index is 0.00747. The molecule has 0 fully saturated rings. The highest BCUT2D eigenvalue weighted by Gasteiger charge is 2.20. The summed E-state index contributed by atoms with van der Waals surface area (Å²) in [5.41, 5.74) is 2.32. The Morgan fingerprint density at radius 2 is 2.15 bits per heavy atom. The Labute approximate surface area is 119 Å². The maximum absolute atomic E-state index is 11.2. The molecule has 1 aromatic carbocycles.